The summed E-state index contributed by atoms with van der Waals surface area (Å²) in [6, 6.07) is 23.7. The number of aromatic amines is 1. The summed E-state index contributed by atoms with van der Waals surface area (Å²) in [5.41, 5.74) is 5.99. The first-order valence-electron chi connectivity index (χ1n) is 14.0. The minimum Gasteiger partial charge on any atom is -0.490 e. The third-order valence-electron chi connectivity index (χ3n) is 8.82. The lowest BCUT2D eigenvalue weighted by Gasteiger charge is -2.36. The first kappa shape index (κ1) is 23.5. The number of hydrogen-bond acceptors (Lipinski definition) is 4. The van der Waals surface area contributed by atoms with Crippen molar-refractivity contribution in [3.8, 4) is 17.0 Å². The van der Waals surface area contributed by atoms with Crippen molar-refractivity contribution in [2.24, 2.45) is 0 Å². The first-order chi connectivity index (χ1) is 18.6. The number of benzene rings is 3. The van der Waals surface area contributed by atoms with Gasteiger partial charge >= 0.3 is 0 Å². The molecule has 1 aliphatic carbocycles. The number of amides is 1. The lowest BCUT2D eigenvalue weighted by Crippen LogP contribution is -2.43. The molecule has 38 heavy (non-hydrogen) atoms. The van der Waals surface area contributed by atoms with Crippen LogP contribution in [0.25, 0.3) is 22.2 Å². The fourth-order valence-electron chi connectivity index (χ4n) is 6.48. The van der Waals surface area contributed by atoms with E-state index in [0.29, 0.717) is 30.1 Å². The lowest BCUT2D eigenvalue weighted by molar-refractivity contribution is 0.0662. The Balaban J connectivity index is 1.05. The molecule has 0 unspecified atom stereocenters. The summed E-state index contributed by atoms with van der Waals surface area (Å²) in [7, 11) is 2.25. The molecule has 3 aromatic carbocycles. The van der Waals surface area contributed by atoms with Crippen LogP contribution in [0.1, 0.15) is 65.9 Å². The van der Waals surface area contributed by atoms with Crippen molar-refractivity contribution in [3.63, 3.8) is 0 Å². The molecule has 0 spiro atoms. The Bertz CT molecular complexity index is 1460. The van der Waals surface area contributed by atoms with Crippen LogP contribution in [0, 0.1) is 0 Å². The topological polar surface area (TPSA) is 70.2 Å². The van der Waals surface area contributed by atoms with E-state index in [-0.39, 0.29) is 12.0 Å². The molecule has 6 heteroatoms. The minimum atomic E-state index is -0.0690. The molecular formula is C32H34N4O2. The number of ether oxygens (including phenoxy) is 1. The van der Waals surface area contributed by atoms with Crippen LogP contribution in [-0.4, -0.2) is 46.2 Å². The zero-order valence-corrected chi connectivity index (χ0v) is 21.8. The van der Waals surface area contributed by atoms with Gasteiger partial charge < -0.3 is 15.0 Å². The first-order valence-corrected chi connectivity index (χ1v) is 14.0. The fourth-order valence-corrected chi connectivity index (χ4v) is 6.48. The number of fused-ring (bicyclic) bond motifs is 3. The maximum absolute atomic E-state index is 13.1. The highest BCUT2D eigenvalue weighted by Gasteiger charge is 2.39. The van der Waals surface area contributed by atoms with Crippen LogP contribution in [0.5, 0.6) is 5.75 Å². The van der Waals surface area contributed by atoms with Gasteiger partial charge in [-0.1, -0.05) is 24.3 Å². The average Bonchev–Trinajstić information content (AvgIpc) is 3.67. The third-order valence-corrected chi connectivity index (χ3v) is 8.82. The molecule has 194 valence electrons. The van der Waals surface area contributed by atoms with E-state index in [9.17, 15) is 4.79 Å². The smallest absolute Gasteiger partial charge is 0.251 e. The number of nitrogens with one attached hydrogen (secondary N) is 2. The number of nitrogens with zero attached hydrogens (tertiary/aromatic N) is 2. The summed E-state index contributed by atoms with van der Waals surface area (Å²) in [4.78, 5) is 15.6. The summed E-state index contributed by atoms with van der Waals surface area (Å²) in [5, 5.41) is 11.8. The largest absolute Gasteiger partial charge is 0.490 e. The Kier molecular flexibility index (Phi) is 5.92. The predicted molar refractivity (Wildman–Crippen MR) is 149 cm³/mol. The highest BCUT2D eigenvalue weighted by Crippen LogP contribution is 2.41. The number of H-pyrrole nitrogens is 1. The SMILES string of the molecule is CN1[C@@H]2CC[C@H]1C[C@@H](Oc1ccc(-c3n[nH]c4ccc(C(=O)NCc5ccccc5C5CC5)cc34)cc1)C2. The van der Waals surface area contributed by atoms with Gasteiger partial charge in [-0.05, 0) is 105 Å². The van der Waals surface area contributed by atoms with E-state index in [1.807, 2.05) is 36.4 Å². The van der Waals surface area contributed by atoms with E-state index in [0.717, 1.165) is 40.8 Å². The second kappa shape index (κ2) is 9.59. The normalized spacial score (nSPS) is 23.0. The van der Waals surface area contributed by atoms with E-state index in [2.05, 4.69) is 57.8 Å². The van der Waals surface area contributed by atoms with Gasteiger partial charge in [0.05, 0.1) is 11.2 Å². The molecular weight excluding hydrogens is 472 g/mol. The quantitative estimate of drug-likeness (QED) is 0.321. The molecule has 0 radical (unpaired) electrons. The zero-order valence-electron chi connectivity index (χ0n) is 21.8. The van der Waals surface area contributed by atoms with Crippen LogP contribution in [-0.2, 0) is 6.54 Å². The Hall–Kier alpha value is -3.64. The molecule has 3 aliphatic rings. The van der Waals surface area contributed by atoms with Crippen molar-refractivity contribution < 1.29 is 9.53 Å². The van der Waals surface area contributed by atoms with Gasteiger partial charge in [-0.25, -0.2) is 0 Å². The van der Waals surface area contributed by atoms with Gasteiger partial charge in [0.2, 0.25) is 0 Å². The van der Waals surface area contributed by atoms with Gasteiger partial charge in [0, 0.05) is 35.1 Å². The van der Waals surface area contributed by atoms with Gasteiger partial charge in [0.1, 0.15) is 11.9 Å². The number of carbonyl (C=O) groups is 1. The van der Waals surface area contributed by atoms with Gasteiger partial charge in [-0.15, -0.1) is 0 Å². The Morgan fingerprint density at radius 1 is 1.00 bits per heavy atom. The maximum Gasteiger partial charge on any atom is 0.251 e. The monoisotopic (exact) mass is 506 g/mol. The number of carbonyl (C=O) groups excluding carboxylic acids is 1. The zero-order chi connectivity index (χ0) is 25.6. The summed E-state index contributed by atoms with van der Waals surface area (Å²) in [6.45, 7) is 0.544. The highest BCUT2D eigenvalue weighted by atomic mass is 16.5. The van der Waals surface area contributed by atoms with Crippen molar-refractivity contribution >= 4 is 16.8 Å². The molecule has 6 nitrogen and oxygen atoms in total. The number of rotatable bonds is 7. The molecule has 1 aromatic heterocycles. The van der Waals surface area contributed by atoms with Crippen LogP contribution in [0.2, 0.25) is 0 Å². The molecule has 3 heterocycles. The van der Waals surface area contributed by atoms with Crippen molar-refractivity contribution in [3.05, 3.63) is 83.4 Å². The van der Waals surface area contributed by atoms with E-state index in [1.165, 1.54) is 36.8 Å². The summed E-state index contributed by atoms with van der Waals surface area (Å²) < 4.78 is 6.38. The molecule has 2 saturated heterocycles. The van der Waals surface area contributed by atoms with Crippen LogP contribution >= 0.6 is 0 Å². The molecule has 3 atom stereocenters. The van der Waals surface area contributed by atoms with Crippen molar-refractivity contribution in [1.82, 2.24) is 20.4 Å². The molecule has 2 bridgehead atoms. The number of piperidine rings is 1. The van der Waals surface area contributed by atoms with Crippen LogP contribution in [0.4, 0.5) is 0 Å². The standard InChI is InChI=1S/C32H34N4O2/c1-36-24-11-12-25(36)18-27(17-24)38-26-13-8-21(9-14-26)31-29-16-22(10-15-30(29)34-35-31)32(37)33-19-23-4-2-3-5-28(23)20-6-7-20/h2-5,8-10,13-16,20,24-25,27H,6-7,11-12,17-19H2,1H3,(H,33,37)(H,34,35)/t24-,25+,27+. The van der Waals surface area contributed by atoms with E-state index in [4.69, 9.17) is 4.74 Å². The lowest BCUT2D eigenvalue weighted by atomic mass is 10.0. The van der Waals surface area contributed by atoms with Crippen molar-refractivity contribution in [2.75, 3.05) is 7.05 Å². The molecule has 2 N–H and O–H groups in total. The predicted octanol–water partition coefficient (Wildman–Crippen LogP) is 6.04. The van der Waals surface area contributed by atoms with E-state index < -0.39 is 0 Å². The second-order valence-electron chi connectivity index (χ2n) is 11.3. The van der Waals surface area contributed by atoms with Crippen molar-refractivity contribution in [1.29, 1.82) is 0 Å². The minimum absolute atomic E-state index is 0.0690. The van der Waals surface area contributed by atoms with Gasteiger partial charge in [0.25, 0.3) is 5.91 Å². The molecule has 3 fully saturated rings. The molecule has 1 saturated carbocycles. The fraction of sp³-hybridized carbons (Fsp3) is 0.375. The molecule has 7 rings (SSSR count). The average molecular weight is 507 g/mol. The van der Waals surface area contributed by atoms with Gasteiger partial charge in [0.15, 0.2) is 0 Å². The molecule has 2 aliphatic heterocycles. The van der Waals surface area contributed by atoms with Crippen LogP contribution < -0.4 is 10.1 Å². The van der Waals surface area contributed by atoms with E-state index >= 15 is 0 Å². The Morgan fingerprint density at radius 3 is 2.53 bits per heavy atom. The molecule has 4 aromatic rings. The highest BCUT2D eigenvalue weighted by molar-refractivity contribution is 6.01. The van der Waals surface area contributed by atoms with E-state index in [1.54, 1.807) is 0 Å². The number of aromatic nitrogens is 2. The Morgan fingerprint density at radius 2 is 1.76 bits per heavy atom. The molecule has 1 amide bonds. The van der Waals surface area contributed by atoms with Crippen molar-refractivity contribution in [2.45, 2.75) is 69.2 Å². The van der Waals surface area contributed by atoms with Gasteiger partial charge in [-0.3, -0.25) is 9.89 Å². The van der Waals surface area contributed by atoms with Crippen LogP contribution in [0.15, 0.2) is 66.7 Å². The summed E-state index contributed by atoms with van der Waals surface area (Å²) in [5.74, 6) is 1.50. The van der Waals surface area contributed by atoms with Gasteiger partial charge in [-0.2, -0.15) is 5.10 Å². The Labute approximate surface area is 223 Å². The van der Waals surface area contributed by atoms with Crippen LogP contribution in [0.3, 0.4) is 0 Å². The second-order valence-corrected chi connectivity index (χ2v) is 11.3. The summed E-state index contributed by atoms with van der Waals surface area (Å²) >= 11 is 0. The third kappa shape index (κ3) is 4.47. The number of hydrogen-bond donors (Lipinski definition) is 2. The maximum atomic E-state index is 13.1. The summed E-state index contributed by atoms with van der Waals surface area (Å²) in [6.07, 6.45) is 7.58.